The molecule has 1 atom stereocenters. The van der Waals surface area contributed by atoms with Gasteiger partial charge in [-0.05, 0) is 31.2 Å². The van der Waals surface area contributed by atoms with Crippen molar-refractivity contribution in [1.29, 1.82) is 0 Å². The molecule has 2 aliphatic rings. The van der Waals surface area contributed by atoms with Crippen LogP contribution in [0.1, 0.15) is 40.0 Å². The summed E-state index contributed by atoms with van der Waals surface area (Å²) < 4.78 is 0. The fourth-order valence-electron chi connectivity index (χ4n) is 3.53. The molecule has 0 saturated carbocycles. The summed E-state index contributed by atoms with van der Waals surface area (Å²) in [6.45, 7) is 12.0. The minimum atomic E-state index is -0.179. The number of rotatable bonds is 4. The molecule has 0 aromatic rings. The van der Waals surface area contributed by atoms with Crippen LogP contribution >= 0.6 is 0 Å². The fraction of sp³-hybridized carbons (Fsp3) is 0.938. The number of carbonyl (C=O) groups excluding carboxylic acids is 1. The van der Waals surface area contributed by atoms with Crippen LogP contribution in [0.15, 0.2) is 0 Å². The van der Waals surface area contributed by atoms with Crippen LogP contribution in [0.3, 0.4) is 0 Å². The van der Waals surface area contributed by atoms with E-state index in [9.17, 15) is 9.90 Å². The third-order valence-corrected chi connectivity index (χ3v) is 5.02. The number of carbonyl (C=O) groups is 1. The highest BCUT2D eigenvalue weighted by molar-refractivity contribution is 5.78. The lowest BCUT2D eigenvalue weighted by Crippen LogP contribution is -2.57. The van der Waals surface area contributed by atoms with Gasteiger partial charge in [0.25, 0.3) is 0 Å². The first-order valence-corrected chi connectivity index (χ1v) is 8.33. The summed E-state index contributed by atoms with van der Waals surface area (Å²) in [6, 6.07) is 0.267. The van der Waals surface area contributed by atoms with Gasteiger partial charge in [0, 0.05) is 32.2 Å². The summed E-state index contributed by atoms with van der Waals surface area (Å²) in [6.07, 6.45) is 2.42. The number of aliphatic hydroxyl groups excluding tert-OH is 1. The predicted octanol–water partition coefficient (Wildman–Crippen LogP) is 0.680. The highest BCUT2D eigenvalue weighted by Crippen LogP contribution is 2.29. The highest BCUT2D eigenvalue weighted by Gasteiger charge is 2.36. The molecule has 5 nitrogen and oxygen atoms in total. The van der Waals surface area contributed by atoms with E-state index in [1.54, 1.807) is 0 Å². The number of hydrogen-bond acceptors (Lipinski definition) is 4. The van der Waals surface area contributed by atoms with Crippen LogP contribution in [-0.2, 0) is 4.79 Å². The number of likely N-dealkylation sites (tertiary alicyclic amines) is 2. The van der Waals surface area contributed by atoms with Crippen LogP contribution in [0.25, 0.3) is 0 Å². The Hall–Kier alpha value is -0.650. The van der Waals surface area contributed by atoms with Gasteiger partial charge in [-0.3, -0.25) is 9.69 Å². The van der Waals surface area contributed by atoms with Gasteiger partial charge in [0.2, 0.25) is 5.91 Å². The molecule has 2 aliphatic heterocycles. The van der Waals surface area contributed by atoms with E-state index in [0.717, 1.165) is 52.0 Å². The number of amides is 1. The van der Waals surface area contributed by atoms with Crippen molar-refractivity contribution in [2.75, 3.05) is 39.3 Å². The molecule has 122 valence electrons. The van der Waals surface area contributed by atoms with Crippen molar-refractivity contribution in [3.8, 4) is 0 Å². The van der Waals surface area contributed by atoms with E-state index < -0.39 is 0 Å². The van der Waals surface area contributed by atoms with Gasteiger partial charge in [-0.2, -0.15) is 0 Å². The normalized spacial score (nSPS) is 28.5. The quantitative estimate of drug-likeness (QED) is 0.801. The molecule has 2 N–H and O–H groups in total. The van der Waals surface area contributed by atoms with E-state index in [4.69, 9.17) is 0 Å². The standard InChI is InChI=1S/C16H31N3O2/c1-4-18-10-7-14(16(2,3)12-18)17-15(21)11-19-8-5-13(20)6-9-19/h13-14,20H,4-12H2,1-3H3,(H,17,21). The first-order chi connectivity index (χ1) is 9.90. The van der Waals surface area contributed by atoms with Gasteiger partial charge in [0.05, 0.1) is 12.6 Å². The van der Waals surface area contributed by atoms with Crippen molar-refractivity contribution in [2.45, 2.75) is 52.2 Å². The molecule has 2 heterocycles. The smallest absolute Gasteiger partial charge is 0.234 e. The van der Waals surface area contributed by atoms with Crippen LogP contribution < -0.4 is 5.32 Å². The molecule has 2 saturated heterocycles. The van der Waals surface area contributed by atoms with Crippen LogP contribution in [0.5, 0.6) is 0 Å². The summed E-state index contributed by atoms with van der Waals surface area (Å²) in [5.41, 5.74) is 0.127. The average molecular weight is 297 g/mol. The van der Waals surface area contributed by atoms with E-state index in [2.05, 4.69) is 35.9 Å². The first kappa shape index (κ1) is 16.7. The molecule has 2 fully saturated rings. The molecule has 1 unspecified atom stereocenters. The van der Waals surface area contributed by atoms with Crippen molar-refractivity contribution in [3.05, 3.63) is 0 Å². The van der Waals surface area contributed by atoms with E-state index in [1.807, 2.05) is 0 Å². The molecule has 0 aliphatic carbocycles. The monoisotopic (exact) mass is 297 g/mol. The minimum Gasteiger partial charge on any atom is -0.393 e. The van der Waals surface area contributed by atoms with Gasteiger partial charge in [0.15, 0.2) is 0 Å². The topological polar surface area (TPSA) is 55.8 Å². The van der Waals surface area contributed by atoms with E-state index in [-0.39, 0.29) is 23.5 Å². The molecule has 0 radical (unpaired) electrons. The van der Waals surface area contributed by atoms with Crippen LogP contribution in [0.2, 0.25) is 0 Å². The lowest BCUT2D eigenvalue weighted by Gasteiger charge is -2.44. The Morgan fingerprint density at radius 2 is 1.81 bits per heavy atom. The summed E-state index contributed by atoms with van der Waals surface area (Å²) >= 11 is 0. The molecule has 5 heteroatoms. The zero-order valence-corrected chi connectivity index (χ0v) is 13.8. The van der Waals surface area contributed by atoms with Gasteiger partial charge < -0.3 is 15.3 Å². The second kappa shape index (κ2) is 7.07. The molecule has 0 spiro atoms. The average Bonchev–Trinajstić information content (AvgIpc) is 2.43. The Labute approximate surface area is 128 Å². The van der Waals surface area contributed by atoms with E-state index in [1.165, 1.54) is 0 Å². The fourth-order valence-corrected chi connectivity index (χ4v) is 3.53. The zero-order chi connectivity index (χ0) is 15.5. The third-order valence-electron chi connectivity index (χ3n) is 5.02. The largest absolute Gasteiger partial charge is 0.393 e. The third kappa shape index (κ3) is 4.66. The highest BCUT2D eigenvalue weighted by atomic mass is 16.3. The maximum Gasteiger partial charge on any atom is 0.234 e. The van der Waals surface area contributed by atoms with Gasteiger partial charge >= 0.3 is 0 Å². The van der Waals surface area contributed by atoms with Crippen molar-refractivity contribution in [3.63, 3.8) is 0 Å². The molecule has 0 aromatic carbocycles. The SMILES string of the molecule is CCN1CCC(NC(=O)CN2CCC(O)CC2)C(C)(C)C1. The molecular weight excluding hydrogens is 266 g/mol. The Bertz CT molecular complexity index is 351. The summed E-state index contributed by atoms with van der Waals surface area (Å²) in [5, 5.41) is 12.7. The number of nitrogens with one attached hydrogen (secondary N) is 1. The maximum absolute atomic E-state index is 12.3. The molecule has 1 amide bonds. The Kier molecular flexibility index (Phi) is 5.63. The minimum absolute atomic E-state index is 0.127. The first-order valence-electron chi connectivity index (χ1n) is 8.33. The van der Waals surface area contributed by atoms with Gasteiger partial charge in [-0.25, -0.2) is 0 Å². The number of piperidine rings is 2. The molecular formula is C16H31N3O2. The van der Waals surface area contributed by atoms with Crippen LogP contribution in [-0.4, -0.2) is 72.2 Å². The van der Waals surface area contributed by atoms with Gasteiger partial charge in [-0.15, -0.1) is 0 Å². The number of hydrogen-bond donors (Lipinski definition) is 2. The van der Waals surface area contributed by atoms with Crippen LogP contribution in [0.4, 0.5) is 0 Å². The molecule has 21 heavy (non-hydrogen) atoms. The van der Waals surface area contributed by atoms with Gasteiger partial charge in [-0.1, -0.05) is 20.8 Å². The predicted molar refractivity (Wildman–Crippen MR) is 84.1 cm³/mol. The van der Waals surface area contributed by atoms with Crippen molar-refractivity contribution >= 4 is 5.91 Å². The Morgan fingerprint density at radius 1 is 1.19 bits per heavy atom. The summed E-state index contributed by atoms with van der Waals surface area (Å²) in [7, 11) is 0. The van der Waals surface area contributed by atoms with E-state index in [0.29, 0.717) is 6.54 Å². The lowest BCUT2D eigenvalue weighted by molar-refractivity contribution is -0.125. The molecule has 0 aromatic heterocycles. The second-order valence-corrected chi connectivity index (χ2v) is 7.27. The van der Waals surface area contributed by atoms with Crippen LogP contribution in [0, 0.1) is 5.41 Å². The molecule has 0 bridgehead atoms. The van der Waals surface area contributed by atoms with Crippen molar-refractivity contribution < 1.29 is 9.90 Å². The maximum atomic E-state index is 12.3. The van der Waals surface area contributed by atoms with E-state index >= 15 is 0 Å². The lowest BCUT2D eigenvalue weighted by atomic mass is 9.79. The Balaban J connectivity index is 1.79. The number of nitrogens with zero attached hydrogens (tertiary/aromatic N) is 2. The van der Waals surface area contributed by atoms with Crippen molar-refractivity contribution in [2.24, 2.45) is 5.41 Å². The number of aliphatic hydroxyl groups is 1. The summed E-state index contributed by atoms with van der Waals surface area (Å²) in [5.74, 6) is 0.134. The zero-order valence-electron chi connectivity index (χ0n) is 13.8. The van der Waals surface area contributed by atoms with Crippen molar-refractivity contribution in [1.82, 2.24) is 15.1 Å². The second-order valence-electron chi connectivity index (χ2n) is 7.27. The Morgan fingerprint density at radius 3 is 2.38 bits per heavy atom. The van der Waals surface area contributed by atoms with Gasteiger partial charge in [0.1, 0.15) is 0 Å². The molecule has 2 rings (SSSR count). The summed E-state index contributed by atoms with van der Waals surface area (Å²) in [4.78, 5) is 16.9.